The number of esters is 1. The SMILES string of the molecule is CCOC(=O)c1ccc(CC(=O)N[C@H](c2ccccc2)c2ccccc2N2CCCCC2)cc1. The smallest absolute Gasteiger partial charge is 0.338 e. The number of nitrogens with one attached hydrogen (secondary N) is 1. The van der Waals surface area contributed by atoms with E-state index in [1.165, 1.54) is 24.9 Å². The summed E-state index contributed by atoms with van der Waals surface area (Å²) in [5.74, 6) is -0.414. The van der Waals surface area contributed by atoms with Crippen molar-refractivity contribution in [2.24, 2.45) is 0 Å². The van der Waals surface area contributed by atoms with Crippen LogP contribution in [0.15, 0.2) is 78.9 Å². The molecule has 3 aromatic carbocycles. The molecule has 3 aromatic rings. The maximum Gasteiger partial charge on any atom is 0.338 e. The molecule has 0 saturated carbocycles. The van der Waals surface area contributed by atoms with Crippen LogP contribution in [0.25, 0.3) is 0 Å². The van der Waals surface area contributed by atoms with E-state index in [0.717, 1.165) is 29.8 Å². The molecule has 1 fully saturated rings. The van der Waals surface area contributed by atoms with Crippen molar-refractivity contribution in [3.05, 3.63) is 101 Å². The van der Waals surface area contributed by atoms with E-state index in [1.807, 2.05) is 36.4 Å². The Kier molecular flexibility index (Phi) is 7.97. The Balaban J connectivity index is 1.55. The van der Waals surface area contributed by atoms with Gasteiger partial charge in [0.1, 0.15) is 0 Å². The van der Waals surface area contributed by atoms with Gasteiger partial charge < -0.3 is 15.0 Å². The van der Waals surface area contributed by atoms with Crippen LogP contribution >= 0.6 is 0 Å². The van der Waals surface area contributed by atoms with E-state index in [-0.39, 0.29) is 24.3 Å². The largest absolute Gasteiger partial charge is 0.462 e. The van der Waals surface area contributed by atoms with Crippen molar-refractivity contribution in [1.29, 1.82) is 0 Å². The monoisotopic (exact) mass is 456 g/mol. The molecule has 1 aliphatic heterocycles. The zero-order valence-corrected chi connectivity index (χ0v) is 19.7. The second kappa shape index (κ2) is 11.5. The molecule has 0 radical (unpaired) electrons. The topological polar surface area (TPSA) is 58.6 Å². The van der Waals surface area contributed by atoms with Crippen LogP contribution < -0.4 is 10.2 Å². The summed E-state index contributed by atoms with van der Waals surface area (Å²) in [7, 11) is 0. The van der Waals surface area contributed by atoms with E-state index in [4.69, 9.17) is 4.74 Å². The molecule has 1 amide bonds. The normalized spacial score (nSPS) is 14.3. The average molecular weight is 457 g/mol. The number of para-hydroxylation sites is 1. The van der Waals surface area contributed by atoms with Crippen LogP contribution in [0.4, 0.5) is 5.69 Å². The number of anilines is 1. The summed E-state index contributed by atoms with van der Waals surface area (Å²) in [5, 5.41) is 3.28. The van der Waals surface area contributed by atoms with Crippen LogP contribution in [-0.4, -0.2) is 31.6 Å². The molecule has 1 heterocycles. The quantitative estimate of drug-likeness (QED) is 0.467. The number of benzene rings is 3. The average Bonchev–Trinajstić information content (AvgIpc) is 2.89. The van der Waals surface area contributed by atoms with Gasteiger partial charge in [-0.3, -0.25) is 4.79 Å². The minimum atomic E-state index is -0.350. The van der Waals surface area contributed by atoms with Crippen molar-refractivity contribution in [2.45, 2.75) is 38.6 Å². The lowest BCUT2D eigenvalue weighted by Crippen LogP contribution is -2.34. The molecular weight excluding hydrogens is 424 g/mol. The minimum absolute atomic E-state index is 0.0637. The highest BCUT2D eigenvalue weighted by Crippen LogP contribution is 2.32. The molecule has 1 saturated heterocycles. The van der Waals surface area contributed by atoms with Crippen LogP contribution in [0.3, 0.4) is 0 Å². The maximum absolute atomic E-state index is 13.2. The van der Waals surface area contributed by atoms with Gasteiger partial charge in [0.2, 0.25) is 5.91 Å². The molecule has 176 valence electrons. The van der Waals surface area contributed by atoms with Crippen molar-refractivity contribution in [3.63, 3.8) is 0 Å². The zero-order chi connectivity index (χ0) is 23.8. The first-order chi connectivity index (χ1) is 16.7. The molecule has 1 aliphatic rings. The molecule has 0 spiro atoms. The summed E-state index contributed by atoms with van der Waals surface area (Å²) in [4.78, 5) is 27.5. The predicted molar refractivity (Wildman–Crippen MR) is 135 cm³/mol. The highest BCUT2D eigenvalue weighted by molar-refractivity contribution is 5.89. The zero-order valence-electron chi connectivity index (χ0n) is 19.7. The van der Waals surface area contributed by atoms with Crippen molar-refractivity contribution < 1.29 is 14.3 Å². The summed E-state index contributed by atoms with van der Waals surface area (Å²) in [6, 6.07) is 25.3. The Morgan fingerprint density at radius 1 is 0.882 bits per heavy atom. The van der Waals surface area contributed by atoms with Crippen LogP contribution in [0.1, 0.15) is 59.3 Å². The first-order valence-corrected chi connectivity index (χ1v) is 12.1. The first-order valence-electron chi connectivity index (χ1n) is 12.1. The van der Waals surface area contributed by atoms with E-state index in [0.29, 0.717) is 12.2 Å². The molecule has 1 N–H and O–H groups in total. The van der Waals surface area contributed by atoms with Gasteiger partial charge in [0, 0.05) is 24.3 Å². The highest BCUT2D eigenvalue weighted by Gasteiger charge is 2.23. The van der Waals surface area contributed by atoms with E-state index in [2.05, 4.69) is 40.5 Å². The molecule has 5 nitrogen and oxygen atoms in total. The molecular formula is C29H32N2O3. The Bertz CT molecular complexity index is 1090. The van der Waals surface area contributed by atoms with Crippen molar-refractivity contribution in [1.82, 2.24) is 5.32 Å². The summed E-state index contributed by atoms with van der Waals surface area (Å²) in [6.07, 6.45) is 3.89. The third-order valence-electron chi connectivity index (χ3n) is 6.21. The van der Waals surface area contributed by atoms with E-state index in [1.54, 1.807) is 19.1 Å². The fraction of sp³-hybridized carbons (Fsp3) is 0.310. The number of piperidine rings is 1. The minimum Gasteiger partial charge on any atom is -0.462 e. The van der Waals surface area contributed by atoms with Crippen LogP contribution in [0.5, 0.6) is 0 Å². The summed E-state index contributed by atoms with van der Waals surface area (Å²) in [6.45, 7) is 4.20. The van der Waals surface area contributed by atoms with Gasteiger partial charge in [0.05, 0.1) is 24.6 Å². The molecule has 34 heavy (non-hydrogen) atoms. The highest BCUT2D eigenvalue weighted by atomic mass is 16.5. The molecule has 0 bridgehead atoms. The fourth-order valence-corrected chi connectivity index (χ4v) is 4.51. The van der Waals surface area contributed by atoms with Gasteiger partial charge >= 0.3 is 5.97 Å². The first kappa shape index (κ1) is 23.6. The number of hydrogen-bond acceptors (Lipinski definition) is 4. The number of ether oxygens (including phenoxy) is 1. The van der Waals surface area contributed by atoms with Gasteiger partial charge in [0.15, 0.2) is 0 Å². The Morgan fingerprint density at radius 3 is 2.26 bits per heavy atom. The molecule has 4 rings (SSSR count). The third-order valence-corrected chi connectivity index (χ3v) is 6.21. The number of nitrogens with zero attached hydrogens (tertiary/aromatic N) is 1. The number of hydrogen-bond donors (Lipinski definition) is 1. The molecule has 0 unspecified atom stereocenters. The number of rotatable bonds is 8. The van der Waals surface area contributed by atoms with Gasteiger partial charge in [-0.05, 0) is 55.5 Å². The van der Waals surface area contributed by atoms with E-state index >= 15 is 0 Å². The van der Waals surface area contributed by atoms with Crippen molar-refractivity contribution in [3.8, 4) is 0 Å². The van der Waals surface area contributed by atoms with Gasteiger partial charge in [-0.1, -0.05) is 60.7 Å². The Hall–Kier alpha value is -3.60. The fourth-order valence-electron chi connectivity index (χ4n) is 4.51. The Labute approximate surface area is 201 Å². The molecule has 1 atom stereocenters. The van der Waals surface area contributed by atoms with Gasteiger partial charge in [-0.2, -0.15) is 0 Å². The van der Waals surface area contributed by atoms with Gasteiger partial charge in [-0.25, -0.2) is 4.79 Å². The van der Waals surface area contributed by atoms with Crippen LogP contribution in [-0.2, 0) is 16.0 Å². The van der Waals surface area contributed by atoms with Crippen LogP contribution in [0, 0.1) is 0 Å². The standard InChI is InChI=1S/C29H32N2O3/c1-2-34-29(33)24-17-15-22(16-18-24)21-27(32)30-28(23-11-5-3-6-12-23)25-13-7-8-14-26(25)31-19-9-4-10-20-31/h3,5-8,11-18,28H,2,4,9-10,19-21H2,1H3,(H,30,32)/t28-/m1/s1. The lowest BCUT2D eigenvalue weighted by molar-refractivity contribution is -0.120. The van der Waals surface area contributed by atoms with E-state index < -0.39 is 0 Å². The second-order valence-corrected chi connectivity index (χ2v) is 8.61. The third kappa shape index (κ3) is 5.84. The second-order valence-electron chi connectivity index (χ2n) is 8.61. The maximum atomic E-state index is 13.2. The Morgan fingerprint density at radius 2 is 1.56 bits per heavy atom. The number of carbonyl (C=O) groups excluding carboxylic acids is 2. The molecule has 0 aliphatic carbocycles. The lowest BCUT2D eigenvalue weighted by atomic mass is 9.95. The van der Waals surface area contributed by atoms with Gasteiger partial charge in [-0.15, -0.1) is 0 Å². The van der Waals surface area contributed by atoms with Gasteiger partial charge in [0.25, 0.3) is 0 Å². The molecule has 0 aromatic heterocycles. The predicted octanol–water partition coefficient (Wildman–Crippen LogP) is 5.30. The van der Waals surface area contributed by atoms with E-state index in [9.17, 15) is 9.59 Å². The van der Waals surface area contributed by atoms with Crippen molar-refractivity contribution >= 4 is 17.6 Å². The molecule has 5 heteroatoms. The number of amides is 1. The summed E-state index contributed by atoms with van der Waals surface area (Å²) < 4.78 is 5.04. The number of carbonyl (C=O) groups is 2. The summed E-state index contributed by atoms with van der Waals surface area (Å²) >= 11 is 0. The summed E-state index contributed by atoms with van der Waals surface area (Å²) in [5.41, 5.74) is 4.69. The van der Waals surface area contributed by atoms with Crippen molar-refractivity contribution in [2.75, 3.05) is 24.6 Å². The lowest BCUT2D eigenvalue weighted by Gasteiger charge is -2.33. The van der Waals surface area contributed by atoms with Crippen LogP contribution in [0.2, 0.25) is 0 Å².